The molecule has 3 heterocycles. The second kappa shape index (κ2) is 7.25. The molecule has 3 aliphatic rings. The topological polar surface area (TPSA) is 109 Å². The van der Waals surface area contributed by atoms with E-state index in [4.69, 9.17) is 0 Å². The van der Waals surface area contributed by atoms with E-state index in [0.717, 1.165) is 32.2 Å². The number of carbonyl (C=O) groups excluding carboxylic acids is 2. The molecule has 164 valence electrons. The molecule has 0 spiro atoms. The fraction of sp³-hybridized carbons (Fsp3) is 0.545. The fourth-order valence-corrected chi connectivity index (χ4v) is 4.47. The summed E-state index contributed by atoms with van der Waals surface area (Å²) in [5.41, 5.74) is 0.0568. The Morgan fingerprint density at radius 2 is 2.10 bits per heavy atom. The van der Waals surface area contributed by atoms with Gasteiger partial charge in [0, 0.05) is 36.8 Å². The van der Waals surface area contributed by atoms with Crippen LogP contribution in [-0.2, 0) is 11.3 Å². The van der Waals surface area contributed by atoms with Crippen molar-refractivity contribution in [1.29, 1.82) is 0 Å². The minimum Gasteiger partial charge on any atom is -0.492 e. The van der Waals surface area contributed by atoms with Gasteiger partial charge in [-0.05, 0) is 43.6 Å². The number of aromatic hydroxyl groups is 1. The third-order valence-electron chi connectivity index (χ3n) is 6.31. The van der Waals surface area contributed by atoms with Gasteiger partial charge in [-0.2, -0.15) is 9.61 Å². The molecule has 1 aliphatic heterocycles. The molecule has 9 nitrogen and oxygen atoms in total. The molecular formula is C22H27N5O4. The van der Waals surface area contributed by atoms with Crippen molar-refractivity contribution in [2.24, 2.45) is 11.8 Å². The highest BCUT2D eigenvalue weighted by Crippen LogP contribution is 2.44. The number of hydrogen-bond donors (Lipinski definition) is 2. The molecule has 3 fully saturated rings. The van der Waals surface area contributed by atoms with E-state index >= 15 is 0 Å². The molecule has 2 aromatic heterocycles. The van der Waals surface area contributed by atoms with Gasteiger partial charge in [0.1, 0.15) is 5.65 Å². The summed E-state index contributed by atoms with van der Waals surface area (Å²) in [6.07, 6.45) is 8.54. The first-order chi connectivity index (χ1) is 14.8. The Morgan fingerprint density at radius 1 is 1.32 bits per heavy atom. The molecule has 0 aromatic carbocycles. The number of hydrogen-bond acceptors (Lipinski definition) is 5. The summed E-state index contributed by atoms with van der Waals surface area (Å²) in [7, 11) is 0. The van der Waals surface area contributed by atoms with E-state index in [9.17, 15) is 19.5 Å². The number of rotatable bonds is 6. The second-order valence-electron chi connectivity index (χ2n) is 9.31. The number of nitrogens with zero attached hydrogens (tertiary/aromatic N) is 4. The molecule has 9 heteroatoms. The number of fused-ring (bicyclic) bond motifs is 2. The van der Waals surface area contributed by atoms with Crippen LogP contribution in [0, 0.1) is 11.8 Å². The van der Waals surface area contributed by atoms with Gasteiger partial charge in [0.25, 0.3) is 11.5 Å². The molecule has 2 saturated carbocycles. The zero-order valence-electron chi connectivity index (χ0n) is 17.7. The van der Waals surface area contributed by atoms with Crippen LogP contribution < -0.4 is 10.9 Å². The van der Waals surface area contributed by atoms with Crippen LogP contribution in [0.2, 0.25) is 0 Å². The van der Waals surface area contributed by atoms with Crippen molar-refractivity contribution in [1.82, 2.24) is 24.4 Å². The van der Waals surface area contributed by atoms with Crippen LogP contribution in [0.4, 0.5) is 0 Å². The first kappa shape index (κ1) is 19.8. The van der Waals surface area contributed by atoms with Crippen molar-refractivity contribution < 1.29 is 14.7 Å². The lowest BCUT2D eigenvalue weighted by molar-refractivity contribution is -0.125. The number of amides is 2. The van der Waals surface area contributed by atoms with E-state index in [1.54, 1.807) is 6.08 Å². The third kappa shape index (κ3) is 3.51. The van der Waals surface area contributed by atoms with Crippen molar-refractivity contribution in [3.63, 3.8) is 0 Å². The van der Waals surface area contributed by atoms with E-state index < -0.39 is 17.3 Å². The van der Waals surface area contributed by atoms with Gasteiger partial charge >= 0.3 is 0 Å². The maximum atomic E-state index is 13.2. The van der Waals surface area contributed by atoms with Gasteiger partial charge in [-0.15, -0.1) is 0 Å². The highest BCUT2D eigenvalue weighted by Gasteiger charge is 2.48. The molecule has 1 saturated heterocycles. The predicted molar refractivity (Wildman–Crippen MR) is 114 cm³/mol. The van der Waals surface area contributed by atoms with Crippen molar-refractivity contribution in [2.45, 2.75) is 58.2 Å². The van der Waals surface area contributed by atoms with Crippen molar-refractivity contribution in [3.8, 4) is 5.88 Å². The monoisotopic (exact) mass is 425 g/mol. The van der Waals surface area contributed by atoms with Crippen LogP contribution >= 0.6 is 0 Å². The molecule has 31 heavy (non-hydrogen) atoms. The lowest BCUT2D eigenvalue weighted by Gasteiger charge is -2.16. The maximum absolute atomic E-state index is 13.2. The second-order valence-corrected chi connectivity index (χ2v) is 9.31. The largest absolute Gasteiger partial charge is 0.492 e. The van der Waals surface area contributed by atoms with Gasteiger partial charge in [0.05, 0.1) is 6.20 Å². The summed E-state index contributed by atoms with van der Waals surface area (Å²) in [6, 6.07) is 0.427. The molecule has 0 bridgehead atoms. The molecule has 2 aromatic rings. The summed E-state index contributed by atoms with van der Waals surface area (Å²) in [5, 5.41) is 17.7. The highest BCUT2D eigenvalue weighted by atomic mass is 16.3. The Labute approximate surface area is 179 Å². The van der Waals surface area contributed by atoms with E-state index in [1.807, 2.05) is 18.7 Å². The average molecular weight is 425 g/mol. The van der Waals surface area contributed by atoms with Crippen LogP contribution in [0.5, 0.6) is 5.88 Å². The van der Waals surface area contributed by atoms with E-state index in [2.05, 4.69) is 10.4 Å². The van der Waals surface area contributed by atoms with Gasteiger partial charge in [0.2, 0.25) is 11.8 Å². The van der Waals surface area contributed by atoms with Gasteiger partial charge < -0.3 is 15.3 Å². The minimum absolute atomic E-state index is 0.0493. The first-order valence-electron chi connectivity index (χ1n) is 11.0. The smallest absolute Gasteiger partial charge is 0.270 e. The van der Waals surface area contributed by atoms with E-state index in [-0.39, 0.29) is 23.4 Å². The zero-order valence-corrected chi connectivity index (χ0v) is 17.7. The van der Waals surface area contributed by atoms with E-state index in [0.29, 0.717) is 29.7 Å². The fourth-order valence-electron chi connectivity index (χ4n) is 4.47. The number of piperidine rings is 1. The third-order valence-corrected chi connectivity index (χ3v) is 6.31. The summed E-state index contributed by atoms with van der Waals surface area (Å²) in [4.78, 5) is 40.4. The lowest BCUT2D eigenvalue weighted by Crippen LogP contribution is -2.36. The van der Waals surface area contributed by atoms with Gasteiger partial charge in [-0.3, -0.25) is 19.0 Å². The molecule has 0 radical (unpaired) electrons. The SMILES string of the molecule is CC(C)Cn1c(=O)c(C(=O)NC2CC2)c(O)n2ncc(/C=C/C(=O)N3CCC4CC43)c12. The number of likely N-dealkylation sites (tertiary alicyclic amines) is 1. The van der Waals surface area contributed by atoms with Crippen LogP contribution in [-0.4, -0.2) is 54.6 Å². The predicted octanol–water partition coefficient (Wildman–Crippen LogP) is 1.38. The Balaban J connectivity index is 1.55. The Morgan fingerprint density at radius 3 is 2.71 bits per heavy atom. The first-order valence-corrected chi connectivity index (χ1v) is 11.0. The van der Waals surface area contributed by atoms with Crippen LogP contribution in [0.3, 0.4) is 0 Å². The molecule has 2 atom stereocenters. The maximum Gasteiger partial charge on any atom is 0.270 e. The Hall–Kier alpha value is -3.10. The minimum atomic E-state index is -0.583. The zero-order chi connectivity index (χ0) is 21.9. The van der Waals surface area contributed by atoms with Crippen LogP contribution in [0.1, 0.15) is 55.5 Å². The Kier molecular flexibility index (Phi) is 4.64. The molecular weight excluding hydrogens is 398 g/mol. The van der Waals surface area contributed by atoms with Gasteiger partial charge in [-0.25, -0.2) is 0 Å². The number of aromatic nitrogens is 3. The van der Waals surface area contributed by atoms with Crippen molar-refractivity contribution in [3.05, 3.63) is 33.8 Å². The summed E-state index contributed by atoms with van der Waals surface area (Å²) in [6.45, 7) is 5.07. The molecule has 2 N–H and O–H groups in total. The normalized spacial score (nSPS) is 22.5. The van der Waals surface area contributed by atoms with Crippen LogP contribution in [0.25, 0.3) is 11.7 Å². The molecule has 2 aliphatic carbocycles. The van der Waals surface area contributed by atoms with Crippen LogP contribution in [0.15, 0.2) is 17.1 Å². The number of carbonyl (C=O) groups is 2. The summed E-state index contributed by atoms with van der Waals surface area (Å²) in [5.74, 6) is -0.339. The van der Waals surface area contributed by atoms with Gasteiger partial charge in [0.15, 0.2) is 5.56 Å². The van der Waals surface area contributed by atoms with E-state index in [1.165, 1.54) is 21.4 Å². The summed E-state index contributed by atoms with van der Waals surface area (Å²) >= 11 is 0. The molecule has 2 unspecified atom stereocenters. The molecule has 2 amide bonds. The van der Waals surface area contributed by atoms with Crippen molar-refractivity contribution >= 4 is 23.5 Å². The standard InChI is InChI=1S/C22H27N5O4/c1-12(2)11-26-20-14(3-6-17(28)25-8-7-13-9-16(13)25)10-23-27(20)22(31)18(21(26)30)19(29)24-15-4-5-15/h3,6,10,12-13,15-16,31H,4-5,7-9,11H2,1-2H3,(H,24,29)/b6-3+. The average Bonchev–Trinajstić information content (AvgIpc) is 3.61. The van der Waals surface area contributed by atoms with Gasteiger partial charge in [-0.1, -0.05) is 13.8 Å². The van der Waals surface area contributed by atoms with Crippen molar-refractivity contribution in [2.75, 3.05) is 6.54 Å². The Bertz CT molecular complexity index is 1160. The quantitative estimate of drug-likeness (QED) is 0.680. The highest BCUT2D eigenvalue weighted by molar-refractivity contribution is 5.97. The lowest BCUT2D eigenvalue weighted by atomic mass is 10.2. The number of nitrogens with one attached hydrogen (secondary N) is 1. The molecule has 5 rings (SSSR count). The summed E-state index contributed by atoms with van der Waals surface area (Å²) < 4.78 is 2.68.